The predicted octanol–water partition coefficient (Wildman–Crippen LogP) is -0.534. The van der Waals surface area contributed by atoms with Crippen LogP contribution in [0, 0.1) is 0 Å². The van der Waals surface area contributed by atoms with Crippen molar-refractivity contribution in [1.29, 1.82) is 0 Å². The molecule has 0 aromatic heterocycles. The zero-order chi connectivity index (χ0) is 8.15. The van der Waals surface area contributed by atoms with Crippen LogP contribution in [-0.4, -0.2) is 24.9 Å². The maximum absolute atomic E-state index is 10.5. The Morgan fingerprint density at radius 1 is 1.60 bits per heavy atom. The fraction of sp³-hybridized carbons (Fsp3) is 0.667. The van der Waals surface area contributed by atoms with E-state index in [-0.39, 0.29) is 12.2 Å². The van der Waals surface area contributed by atoms with Gasteiger partial charge in [0, 0.05) is 6.42 Å². The van der Waals surface area contributed by atoms with Gasteiger partial charge in [0.05, 0.1) is 7.11 Å². The lowest BCUT2D eigenvalue weighted by molar-refractivity contribution is -0.143. The summed E-state index contributed by atoms with van der Waals surface area (Å²) in [6.07, 6.45) is 0.0483. The topological polar surface area (TPSA) is 69.4 Å². The smallest absolute Gasteiger partial charge is 0.323 e. The quantitative estimate of drug-likeness (QED) is 0.542. The lowest BCUT2D eigenvalue weighted by Crippen LogP contribution is -2.33. The molecule has 0 aliphatic heterocycles. The summed E-state index contributed by atoms with van der Waals surface area (Å²) in [5.41, 5.74) is 5.23. The van der Waals surface area contributed by atoms with Gasteiger partial charge in [-0.05, 0) is 6.92 Å². The fourth-order valence-electron chi connectivity index (χ4n) is 0.544. The Hall–Kier alpha value is -0.900. The highest BCUT2D eigenvalue weighted by Gasteiger charge is 2.14. The molecule has 0 aliphatic rings. The third kappa shape index (κ3) is 3.19. The molecular weight excluding hydrogens is 134 g/mol. The molecule has 0 saturated heterocycles. The monoisotopic (exact) mass is 145 g/mol. The average molecular weight is 145 g/mol. The summed E-state index contributed by atoms with van der Waals surface area (Å²) in [4.78, 5) is 20.9. The average Bonchev–Trinajstić information content (AvgIpc) is 1.85. The molecule has 0 rings (SSSR count). The molecule has 0 unspecified atom stereocenters. The molecule has 0 aliphatic carbocycles. The first-order chi connectivity index (χ1) is 4.57. The zero-order valence-electron chi connectivity index (χ0n) is 6.09. The maximum Gasteiger partial charge on any atom is 0.323 e. The van der Waals surface area contributed by atoms with E-state index in [2.05, 4.69) is 4.74 Å². The number of ether oxygens (including phenoxy) is 1. The minimum atomic E-state index is -0.803. The number of Topliss-reactive ketones (excluding diaryl/α,β-unsaturated/α-hetero) is 1. The van der Waals surface area contributed by atoms with Gasteiger partial charge in [-0.25, -0.2) is 0 Å². The minimum absolute atomic E-state index is 0.0483. The molecule has 0 radical (unpaired) electrons. The molecule has 0 heterocycles. The van der Waals surface area contributed by atoms with Crippen LogP contribution in [0.25, 0.3) is 0 Å². The van der Waals surface area contributed by atoms with Gasteiger partial charge < -0.3 is 10.5 Å². The van der Waals surface area contributed by atoms with E-state index >= 15 is 0 Å². The van der Waals surface area contributed by atoms with E-state index < -0.39 is 12.0 Å². The van der Waals surface area contributed by atoms with Crippen molar-refractivity contribution in [3.05, 3.63) is 0 Å². The van der Waals surface area contributed by atoms with Crippen molar-refractivity contribution in [3.8, 4) is 0 Å². The maximum atomic E-state index is 10.5. The highest BCUT2D eigenvalue weighted by molar-refractivity contribution is 5.84. The highest BCUT2D eigenvalue weighted by Crippen LogP contribution is 1.91. The van der Waals surface area contributed by atoms with Gasteiger partial charge in [0.1, 0.15) is 11.8 Å². The Morgan fingerprint density at radius 3 is 2.40 bits per heavy atom. The van der Waals surface area contributed by atoms with Crippen LogP contribution < -0.4 is 5.73 Å². The molecule has 0 bridgehead atoms. The van der Waals surface area contributed by atoms with E-state index in [1.807, 2.05) is 0 Å². The molecule has 1 atom stereocenters. The Balaban J connectivity index is 3.72. The summed E-state index contributed by atoms with van der Waals surface area (Å²) < 4.78 is 4.30. The fourth-order valence-corrected chi connectivity index (χ4v) is 0.544. The second-order valence-corrected chi connectivity index (χ2v) is 2.04. The Morgan fingerprint density at radius 2 is 2.10 bits per heavy atom. The molecule has 0 amide bonds. The molecule has 58 valence electrons. The van der Waals surface area contributed by atoms with Crippen LogP contribution in [0.5, 0.6) is 0 Å². The molecule has 4 nitrogen and oxygen atoms in total. The molecule has 0 spiro atoms. The zero-order valence-corrected chi connectivity index (χ0v) is 6.09. The van der Waals surface area contributed by atoms with E-state index in [0.717, 1.165) is 0 Å². The summed E-state index contributed by atoms with van der Waals surface area (Å²) in [7, 11) is 1.24. The summed E-state index contributed by atoms with van der Waals surface area (Å²) in [6.45, 7) is 1.38. The van der Waals surface area contributed by atoms with Crippen molar-refractivity contribution in [2.45, 2.75) is 19.4 Å². The number of carbonyl (C=O) groups excluding carboxylic acids is 2. The van der Waals surface area contributed by atoms with Crippen LogP contribution in [0.1, 0.15) is 13.3 Å². The SMILES string of the molecule is COC(=O)[C@@H](N)CC(C)=O. The van der Waals surface area contributed by atoms with Crippen molar-refractivity contribution < 1.29 is 14.3 Å². The first kappa shape index (κ1) is 9.10. The Labute approximate surface area is 59.3 Å². The molecular formula is C6H11NO3. The van der Waals surface area contributed by atoms with Gasteiger partial charge >= 0.3 is 5.97 Å². The number of nitrogens with two attached hydrogens (primary N) is 1. The molecule has 2 N–H and O–H groups in total. The molecule has 0 saturated carbocycles. The summed E-state index contributed by atoms with van der Waals surface area (Å²) in [5, 5.41) is 0. The van der Waals surface area contributed by atoms with Crippen LogP contribution >= 0.6 is 0 Å². The number of carbonyl (C=O) groups is 2. The third-order valence-electron chi connectivity index (χ3n) is 1.01. The van der Waals surface area contributed by atoms with Crippen molar-refractivity contribution in [3.63, 3.8) is 0 Å². The number of esters is 1. The Bertz CT molecular complexity index is 144. The van der Waals surface area contributed by atoms with Gasteiger partial charge in [-0.2, -0.15) is 0 Å². The predicted molar refractivity (Wildman–Crippen MR) is 35.3 cm³/mol. The van der Waals surface area contributed by atoms with E-state index in [0.29, 0.717) is 0 Å². The highest BCUT2D eigenvalue weighted by atomic mass is 16.5. The van der Waals surface area contributed by atoms with Crippen LogP contribution in [0.15, 0.2) is 0 Å². The largest absolute Gasteiger partial charge is 0.468 e. The molecule has 10 heavy (non-hydrogen) atoms. The van der Waals surface area contributed by atoms with E-state index in [4.69, 9.17) is 5.73 Å². The lowest BCUT2D eigenvalue weighted by Gasteiger charge is -2.04. The van der Waals surface area contributed by atoms with Crippen molar-refractivity contribution in [1.82, 2.24) is 0 Å². The summed E-state index contributed by atoms with van der Waals surface area (Å²) in [6, 6.07) is -0.803. The number of ketones is 1. The number of rotatable bonds is 3. The van der Waals surface area contributed by atoms with Crippen molar-refractivity contribution >= 4 is 11.8 Å². The van der Waals surface area contributed by atoms with E-state index in [1.54, 1.807) is 0 Å². The standard InChI is InChI=1S/C6H11NO3/c1-4(8)3-5(7)6(9)10-2/h5H,3,7H2,1-2H3/t5-/m0/s1. The summed E-state index contributed by atoms with van der Waals surface area (Å²) >= 11 is 0. The number of hydrogen-bond donors (Lipinski definition) is 1. The van der Waals surface area contributed by atoms with Crippen LogP contribution in [0.3, 0.4) is 0 Å². The number of hydrogen-bond acceptors (Lipinski definition) is 4. The van der Waals surface area contributed by atoms with E-state index in [1.165, 1.54) is 14.0 Å². The van der Waals surface area contributed by atoms with Gasteiger partial charge in [-0.15, -0.1) is 0 Å². The van der Waals surface area contributed by atoms with Gasteiger partial charge in [-0.3, -0.25) is 9.59 Å². The first-order valence-corrected chi connectivity index (χ1v) is 2.90. The van der Waals surface area contributed by atoms with Crippen molar-refractivity contribution in [2.75, 3.05) is 7.11 Å². The molecule has 0 aromatic rings. The molecule has 4 heteroatoms. The van der Waals surface area contributed by atoms with Crippen molar-refractivity contribution in [2.24, 2.45) is 5.73 Å². The number of methoxy groups -OCH3 is 1. The normalized spacial score (nSPS) is 12.3. The third-order valence-corrected chi connectivity index (χ3v) is 1.01. The second kappa shape index (κ2) is 4.00. The second-order valence-electron chi connectivity index (χ2n) is 2.04. The van der Waals surface area contributed by atoms with Gasteiger partial charge in [0.2, 0.25) is 0 Å². The van der Waals surface area contributed by atoms with Gasteiger partial charge in [-0.1, -0.05) is 0 Å². The lowest BCUT2D eigenvalue weighted by atomic mass is 10.2. The van der Waals surface area contributed by atoms with Crippen LogP contribution in [0.2, 0.25) is 0 Å². The first-order valence-electron chi connectivity index (χ1n) is 2.90. The minimum Gasteiger partial charge on any atom is -0.468 e. The van der Waals surface area contributed by atoms with Gasteiger partial charge in [0.15, 0.2) is 0 Å². The Kier molecular flexibility index (Phi) is 3.64. The van der Waals surface area contributed by atoms with Crippen LogP contribution in [0.4, 0.5) is 0 Å². The van der Waals surface area contributed by atoms with Crippen LogP contribution in [-0.2, 0) is 14.3 Å². The summed E-state index contributed by atoms with van der Waals surface area (Å²) in [5.74, 6) is -0.659. The molecule has 0 aromatic carbocycles. The van der Waals surface area contributed by atoms with Gasteiger partial charge in [0.25, 0.3) is 0 Å². The van der Waals surface area contributed by atoms with E-state index in [9.17, 15) is 9.59 Å². The molecule has 0 fully saturated rings.